The summed E-state index contributed by atoms with van der Waals surface area (Å²) in [5.41, 5.74) is 0.981. The van der Waals surface area contributed by atoms with Crippen molar-refractivity contribution in [3.8, 4) is 0 Å². The van der Waals surface area contributed by atoms with Crippen LogP contribution in [0.2, 0.25) is 0 Å². The van der Waals surface area contributed by atoms with E-state index in [1.54, 1.807) is 0 Å². The van der Waals surface area contributed by atoms with Gasteiger partial charge in [-0.15, -0.1) is 11.8 Å². The van der Waals surface area contributed by atoms with E-state index in [2.05, 4.69) is 5.32 Å². The molecule has 0 bridgehead atoms. The van der Waals surface area contributed by atoms with Crippen molar-refractivity contribution in [2.75, 3.05) is 12.4 Å². The maximum atomic E-state index is 12.3. The summed E-state index contributed by atoms with van der Waals surface area (Å²) in [5.74, 6) is -1.67. The van der Waals surface area contributed by atoms with Crippen LogP contribution < -0.4 is 5.32 Å². The van der Waals surface area contributed by atoms with Gasteiger partial charge in [0.2, 0.25) is 5.91 Å². The first kappa shape index (κ1) is 16.5. The Hall–Kier alpha value is -2.32. The first-order chi connectivity index (χ1) is 11.5. The number of hydrogen-bond donors (Lipinski definition) is 3. The van der Waals surface area contributed by atoms with Gasteiger partial charge in [-0.3, -0.25) is 14.5 Å². The number of nitrogens with one attached hydrogen (secondary N) is 1. The number of thioether (sulfide) groups is 1. The quantitative estimate of drug-likeness (QED) is 0.645. The van der Waals surface area contributed by atoms with Gasteiger partial charge in [0.1, 0.15) is 17.1 Å². The second-order valence-corrected chi connectivity index (χ2v) is 6.64. The highest BCUT2D eigenvalue weighted by atomic mass is 32.2. The third-order valence-corrected chi connectivity index (χ3v) is 5.30. The van der Waals surface area contributed by atoms with Crippen molar-refractivity contribution in [2.45, 2.75) is 17.8 Å². The van der Waals surface area contributed by atoms with Gasteiger partial charge in [0.05, 0.1) is 13.0 Å². The zero-order valence-corrected chi connectivity index (χ0v) is 13.5. The number of rotatable bonds is 5. The van der Waals surface area contributed by atoms with Crippen LogP contribution in [0.3, 0.4) is 0 Å². The Labute approximate surface area is 142 Å². The van der Waals surface area contributed by atoms with Gasteiger partial charge >= 0.3 is 5.97 Å². The average Bonchev–Trinajstić information content (AvgIpc) is 2.58. The van der Waals surface area contributed by atoms with Gasteiger partial charge in [0.25, 0.3) is 5.91 Å². The van der Waals surface area contributed by atoms with Crippen molar-refractivity contribution in [2.24, 2.45) is 0 Å². The summed E-state index contributed by atoms with van der Waals surface area (Å²) in [4.78, 5) is 36.9. The first-order valence-electron chi connectivity index (χ1n) is 7.37. The Morgan fingerprint density at radius 2 is 2.00 bits per heavy atom. The Morgan fingerprint density at radius 3 is 2.62 bits per heavy atom. The molecule has 2 amide bonds. The van der Waals surface area contributed by atoms with Gasteiger partial charge in [-0.25, -0.2) is 4.79 Å². The highest BCUT2D eigenvalue weighted by Gasteiger charge is 2.54. The Kier molecular flexibility index (Phi) is 4.59. The lowest BCUT2D eigenvalue weighted by Crippen LogP contribution is -2.70. The van der Waals surface area contributed by atoms with Crippen LogP contribution in [-0.4, -0.2) is 56.7 Å². The molecule has 3 N–H and O–H groups in total. The van der Waals surface area contributed by atoms with Crippen LogP contribution in [0.25, 0.3) is 0 Å². The van der Waals surface area contributed by atoms with Gasteiger partial charge in [-0.05, 0) is 11.1 Å². The molecule has 1 aromatic carbocycles. The summed E-state index contributed by atoms with van der Waals surface area (Å²) in [6.45, 7) is -0.407. The number of benzene rings is 1. The molecule has 0 aromatic heterocycles. The van der Waals surface area contributed by atoms with Gasteiger partial charge in [0, 0.05) is 5.75 Å². The maximum Gasteiger partial charge on any atom is 0.352 e. The Balaban J connectivity index is 1.69. The molecule has 2 atom stereocenters. The lowest BCUT2D eigenvalue weighted by Gasteiger charge is -2.49. The number of β-lactam (4-membered cyclic amide) rings is 1. The van der Waals surface area contributed by atoms with Gasteiger partial charge < -0.3 is 15.5 Å². The summed E-state index contributed by atoms with van der Waals surface area (Å²) in [7, 11) is 0. The fourth-order valence-corrected chi connectivity index (χ4v) is 4.15. The summed E-state index contributed by atoms with van der Waals surface area (Å²) >= 11 is 1.34. The van der Waals surface area contributed by atoms with E-state index in [1.165, 1.54) is 11.8 Å². The largest absolute Gasteiger partial charge is 0.477 e. The molecule has 1 unspecified atom stereocenters. The zero-order valence-electron chi connectivity index (χ0n) is 12.6. The Morgan fingerprint density at radius 1 is 1.29 bits per heavy atom. The lowest BCUT2D eigenvalue weighted by atomic mass is 10.0. The second-order valence-electron chi connectivity index (χ2n) is 5.53. The molecule has 0 spiro atoms. The topological polar surface area (TPSA) is 107 Å². The molecule has 24 heavy (non-hydrogen) atoms. The molecule has 1 aromatic rings. The summed E-state index contributed by atoms with van der Waals surface area (Å²) in [6.07, 6.45) is 0.158. The average molecular weight is 348 g/mol. The number of aliphatic hydroxyl groups excluding tert-OH is 1. The molecule has 1 fully saturated rings. The number of aliphatic hydroxyl groups is 1. The number of carboxylic acids is 1. The number of hydrogen-bond acceptors (Lipinski definition) is 5. The van der Waals surface area contributed by atoms with Gasteiger partial charge in [0.15, 0.2) is 0 Å². The molecule has 2 aliphatic heterocycles. The summed E-state index contributed by atoms with van der Waals surface area (Å²) in [6, 6.07) is 8.42. The molecule has 0 radical (unpaired) electrons. The summed E-state index contributed by atoms with van der Waals surface area (Å²) < 4.78 is 0. The van der Waals surface area contributed by atoms with Gasteiger partial charge in [-0.1, -0.05) is 30.3 Å². The number of carboxylic acid groups (broad SMARTS) is 1. The van der Waals surface area contributed by atoms with Crippen LogP contribution >= 0.6 is 11.8 Å². The third kappa shape index (κ3) is 2.90. The molecule has 7 nitrogen and oxygen atoms in total. The predicted octanol–water partition coefficient (Wildman–Crippen LogP) is -0.0400. The van der Waals surface area contributed by atoms with E-state index in [1.807, 2.05) is 30.3 Å². The highest BCUT2D eigenvalue weighted by molar-refractivity contribution is 8.00. The van der Waals surface area contributed by atoms with E-state index in [4.69, 9.17) is 0 Å². The SMILES string of the molecule is O=C(Cc1ccccc1)NC1C(=O)N2C(C(=O)O)=C(CO)CS[C@@H]12. The van der Waals surface area contributed by atoms with Crippen LogP contribution in [0, 0.1) is 0 Å². The van der Waals surface area contributed by atoms with E-state index >= 15 is 0 Å². The van der Waals surface area contributed by atoms with Crippen LogP contribution in [0.15, 0.2) is 41.6 Å². The highest BCUT2D eigenvalue weighted by Crippen LogP contribution is 2.40. The molecule has 126 valence electrons. The molecular weight excluding hydrogens is 332 g/mol. The first-order valence-corrected chi connectivity index (χ1v) is 8.42. The van der Waals surface area contributed by atoms with Gasteiger partial charge in [-0.2, -0.15) is 0 Å². The minimum absolute atomic E-state index is 0.158. The van der Waals surface area contributed by atoms with E-state index in [0.717, 1.165) is 10.5 Å². The molecule has 0 aliphatic carbocycles. The van der Waals surface area contributed by atoms with Crippen molar-refractivity contribution >= 4 is 29.5 Å². The van der Waals surface area contributed by atoms with E-state index in [9.17, 15) is 24.6 Å². The molecule has 8 heteroatoms. The smallest absolute Gasteiger partial charge is 0.352 e. The van der Waals surface area contributed by atoms with Crippen molar-refractivity contribution in [3.05, 3.63) is 47.2 Å². The van der Waals surface area contributed by atoms with Crippen LogP contribution in [-0.2, 0) is 20.8 Å². The van der Waals surface area contributed by atoms with Crippen LogP contribution in [0.1, 0.15) is 5.56 Å². The number of amides is 2. The Bertz CT molecular complexity index is 718. The fourth-order valence-electron chi connectivity index (χ4n) is 2.81. The molecule has 2 aliphatic rings. The number of nitrogens with zero attached hydrogens (tertiary/aromatic N) is 1. The van der Waals surface area contributed by atoms with Crippen molar-refractivity contribution < 1.29 is 24.6 Å². The third-order valence-electron chi connectivity index (χ3n) is 3.96. The molecule has 2 heterocycles. The van der Waals surface area contributed by atoms with E-state index < -0.39 is 29.9 Å². The standard InChI is InChI=1S/C16H16N2O5S/c19-7-10-8-24-15-12(14(21)18(15)13(10)16(22)23)17-11(20)6-9-4-2-1-3-5-9/h1-5,12,15,19H,6-8H2,(H,17,20)(H,22,23)/t12?,15-/m0/s1. The monoisotopic (exact) mass is 348 g/mol. The molecule has 3 rings (SSSR count). The zero-order chi connectivity index (χ0) is 17.3. The van der Waals surface area contributed by atoms with E-state index in [-0.39, 0.29) is 18.0 Å². The minimum atomic E-state index is -1.24. The molecule has 1 saturated heterocycles. The summed E-state index contributed by atoms with van der Waals surface area (Å²) in [5, 5.41) is 20.8. The molecular formula is C16H16N2O5S. The fraction of sp³-hybridized carbons (Fsp3) is 0.312. The number of carbonyl (C=O) groups is 3. The molecule has 0 saturated carbocycles. The normalized spacial score (nSPS) is 22.7. The predicted molar refractivity (Wildman–Crippen MR) is 86.9 cm³/mol. The number of fused-ring (bicyclic) bond motifs is 1. The number of carbonyl (C=O) groups excluding carboxylic acids is 2. The lowest BCUT2D eigenvalue weighted by molar-refractivity contribution is -0.150. The minimum Gasteiger partial charge on any atom is -0.477 e. The van der Waals surface area contributed by atoms with Crippen molar-refractivity contribution in [3.63, 3.8) is 0 Å². The maximum absolute atomic E-state index is 12.3. The van der Waals surface area contributed by atoms with Crippen LogP contribution in [0.5, 0.6) is 0 Å². The van der Waals surface area contributed by atoms with Crippen molar-refractivity contribution in [1.82, 2.24) is 10.2 Å². The number of aliphatic carboxylic acids is 1. The van der Waals surface area contributed by atoms with Crippen molar-refractivity contribution in [1.29, 1.82) is 0 Å². The van der Waals surface area contributed by atoms with E-state index in [0.29, 0.717) is 11.3 Å². The van der Waals surface area contributed by atoms with Crippen LogP contribution in [0.4, 0.5) is 0 Å². The second kappa shape index (κ2) is 6.66.